The Morgan fingerprint density at radius 2 is 2.25 bits per heavy atom. The number of hydrogen-bond acceptors (Lipinski definition) is 2. The van der Waals surface area contributed by atoms with Gasteiger partial charge in [-0.1, -0.05) is 13.8 Å². The van der Waals surface area contributed by atoms with Gasteiger partial charge >= 0.3 is 0 Å². The van der Waals surface area contributed by atoms with Crippen LogP contribution in [0.25, 0.3) is 0 Å². The summed E-state index contributed by atoms with van der Waals surface area (Å²) in [5, 5.41) is 3.33. The van der Waals surface area contributed by atoms with E-state index in [1.807, 2.05) is 6.07 Å². The summed E-state index contributed by atoms with van der Waals surface area (Å²) in [6.45, 7) is 6.37. The fraction of sp³-hybridized carbons (Fsp3) is 0.556. The molecule has 12 heavy (non-hydrogen) atoms. The molecule has 1 N–H and O–H groups in total. The van der Waals surface area contributed by atoms with Crippen LogP contribution in [0.4, 0.5) is 0 Å². The van der Waals surface area contributed by atoms with Gasteiger partial charge in [0.25, 0.3) is 0 Å². The minimum Gasteiger partial charge on any atom is -0.472 e. The van der Waals surface area contributed by atoms with E-state index < -0.39 is 0 Å². The van der Waals surface area contributed by atoms with Crippen LogP contribution in [0.2, 0.25) is 0 Å². The third kappa shape index (κ3) is 4.42. The fourth-order valence-corrected chi connectivity index (χ4v) is 0.898. The van der Waals surface area contributed by atoms with Crippen molar-refractivity contribution >= 4 is 12.4 Å². The summed E-state index contributed by atoms with van der Waals surface area (Å²) in [6.07, 6.45) is 3.47. The highest BCUT2D eigenvalue weighted by molar-refractivity contribution is 5.85. The molecule has 0 aliphatic heterocycles. The van der Waals surface area contributed by atoms with Crippen LogP contribution >= 0.6 is 12.4 Å². The van der Waals surface area contributed by atoms with Gasteiger partial charge in [-0.15, -0.1) is 12.4 Å². The molecule has 0 spiro atoms. The second kappa shape index (κ2) is 6.09. The van der Waals surface area contributed by atoms with Gasteiger partial charge in [0.15, 0.2) is 0 Å². The monoisotopic (exact) mass is 189 g/mol. The molecule has 1 rings (SSSR count). The lowest BCUT2D eigenvalue weighted by molar-refractivity contribution is 0.539. The maximum Gasteiger partial charge on any atom is 0.0947 e. The standard InChI is InChI=1S/C9H15NO.ClH/c1-8(2)5-10-6-9-3-4-11-7-9;/h3-4,7-8,10H,5-6H2,1-2H3;1H. The molecule has 1 aromatic rings. The molecule has 70 valence electrons. The van der Waals surface area contributed by atoms with Crippen molar-refractivity contribution in [2.75, 3.05) is 6.54 Å². The van der Waals surface area contributed by atoms with E-state index in [2.05, 4.69) is 19.2 Å². The van der Waals surface area contributed by atoms with Crippen LogP contribution in [0.15, 0.2) is 23.0 Å². The first-order chi connectivity index (χ1) is 5.29. The molecule has 0 saturated heterocycles. The molecule has 0 fully saturated rings. The largest absolute Gasteiger partial charge is 0.472 e. The van der Waals surface area contributed by atoms with E-state index >= 15 is 0 Å². The van der Waals surface area contributed by atoms with E-state index in [0.29, 0.717) is 5.92 Å². The molecule has 0 aromatic carbocycles. The van der Waals surface area contributed by atoms with Crippen molar-refractivity contribution in [2.45, 2.75) is 20.4 Å². The quantitative estimate of drug-likeness (QED) is 0.787. The van der Waals surface area contributed by atoms with E-state index in [1.165, 1.54) is 5.56 Å². The second-order valence-electron chi connectivity index (χ2n) is 3.16. The van der Waals surface area contributed by atoms with Gasteiger partial charge in [-0.25, -0.2) is 0 Å². The van der Waals surface area contributed by atoms with Crippen molar-refractivity contribution < 1.29 is 4.42 Å². The van der Waals surface area contributed by atoms with E-state index in [9.17, 15) is 0 Å². The summed E-state index contributed by atoms with van der Waals surface area (Å²) < 4.78 is 4.93. The summed E-state index contributed by atoms with van der Waals surface area (Å²) in [6, 6.07) is 1.98. The highest BCUT2D eigenvalue weighted by Crippen LogP contribution is 1.98. The van der Waals surface area contributed by atoms with Crippen molar-refractivity contribution in [2.24, 2.45) is 5.92 Å². The van der Waals surface area contributed by atoms with Gasteiger partial charge in [-0.3, -0.25) is 0 Å². The molecule has 0 amide bonds. The Bertz CT molecular complexity index is 184. The normalized spacial score (nSPS) is 9.92. The molecule has 1 aromatic heterocycles. The summed E-state index contributed by atoms with van der Waals surface area (Å²) in [4.78, 5) is 0. The van der Waals surface area contributed by atoms with Crippen molar-refractivity contribution in [1.82, 2.24) is 5.32 Å². The molecule has 2 nitrogen and oxygen atoms in total. The molecular formula is C9H16ClNO. The maximum atomic E-state index is 4.93. The van der Waals surface area contributed by atoms with Gasteiger partial charge in [-0.05, 0) is 18.5 Å². The first-order valence-electron chi connectivity index (χ1n) is 4.01. The summed E-state index contributed by atoms with van der Waals surface area (Å²) in [5.74, 6) is 0.710. The Kier molecular flexibility index (Phi) is 5.85. The third-order valence-corrected chi connectivity index (χ3v) is 1.46. The lowest BCUT2D eigenvalue weighted by Gasteiger charge is -2.04. The third-order valence-electron chi connectivity index (χ3n) is 1.46. The minimum atomic E-state index is 0. The average Bonchev–Trinajstić information content (AvgIpc) is 2.39. The Balaban J connectivity index is 0.00000121. The van der Waals surface area contributed by atoms with Crippen molar-refractivity contribution in [3.63, 3.8) is 0 Å². The number of rotatable bonds is 4. The first-order valence-corrected chi connectivity index (χ1v) is 4.01. The SMILES string of the molecule is CC(C)CNCc1ccoc1.Cl. The lowest BCUT2D eigenvalue weighted by atomic mass is 10.2. The van der Waals surface area contributed by atoms with Gasteiger partial charge in [-0.2, -0.15) is 0 Å². The summed E-state index contributed by atoms with van der Waals surface area (Å²) >= 11 is 0. The molecule has 0 aliphatic rings. The number of halogens is 1. The number of furan rings is 1. The average molecular weight is 190 g/mol. The van der Waals surface area contributed by atoms with E-state index in [-0.39, 0.29) is 12.4 Å². The smallest absolute Gasteiger partial charge is 0.0947 e. The summed E-state index contributed by atoms with van der Waals surface area (Å²) in [5.41, 5.74) is 1.21. The zero-order valence-corrected chi connectivity index (χ0v) is 8.36. The zero-order chi connectivity index (χ0) is 8.10. The molecule has 0 atom stereocenters. The Labute approximate surface area is 79.8 Å². The highest BCUT2D eigenvalue weighted by Gasteiger charge is 1.94. The topological polar surface area (TPSA) is 25.2 Å². The van der Waals surface area contributed by atoms with Crippen LogP contribution in [0.3, 0.4) is 0 Å². The highest BCUT2D eigenvalue weighted by atomic mass is 35.5. The molecule has 3 heteroatoms. The van der Waals surface area contributed by atoms with E-state index in [4.69, 9.17) is 4.42 Å². The van der Waals surface area contributed by atoms with Gasteiger partial charge in [0.2, 0.25) is 0 Å². The number of nitrogens with one attached hydrogen (secondary N) is 1. The van der Waals surface area contributed by atoms with Crippen molar-refractivity contribution in [1.29, 1.82) is 0 Å². The van der Waals surface area contributed by atoms with Crippen LogP contribution in [0.1, 0.15) is 19.4 Å². The number of hydrogen-bond donors (Lipinski definition) is 1. The molecule has 0 aliphatic carbocycles. The molecular weight excluding hydrogens is 174 g/mol. The van der Waals surface area contributed by atoms with Crippen LogP contribution in [0.5, 0.6) is 0 Å². The first kappa shape index (κ1) is 11.5. The second-order valence-corrected chi connectivity index (χ2v) is 3.16. The predicted molar refractivity (Wildman–Crippen MR) is 52.5 cm³/mol. The molecule has 0 bridgehead atoms. The van der Waals surface area contributed by atoms with Gasteiger partial charge in [0, 0.05) is 12.1 Å². The molecule has 0 unspecified atom stereocenters. The predicted octanol–water partition coefficient (Wildman–Crippen LogP) is 2.45. The maximum absolute atomic E-state index is 4.93. The van der Waals surface area contributed by atoms with Crippen LogP contribution in [-0.2, 0) is 6.54 Å². The zero-order valence-electron chi connectivity index (χ0n) is 7.54. The van der Waals surface area contributed by atoms with Gasteiger partial charge in [0.05, 0.1) is 12.5 Å². The molecule has 0 radical (unpaired) electrons. The van der Waals surface area contributed by atoms with Crippen molar-refractivity contribution in [3.05, 3.63) is 24.2 Å². The molecule has 1 heterocycles. The Morgan fingerprint density at radius 1 is 1.50 bits per heavy atom. The summed E-state index contributed by atoms with van der Waals surface area (Å²) in [7, 11) is 0. The van der Waals surface area contributed by atoms with E-state index in [0.717, 1.165) is 13.1 Å². The van der Waals surface area contributed by atoms with Crippen LogP contribution in [-0.4, -0.2) is 6.54 Å². The van der Waals surface area contributed by atoms with Gasteiger partial charge < -0.3 is 9.73 Å². The Morgan fingerprint density at radius 3 is 2.75 bits per heavy atom. The Hall–Kier alpha value is -0.470. The lowest BCUT2D eigenvalue weighted by Crippen LogP contribution is -2.18. The van der Waals surface area contributed by atoms with E-state index in [1.54, 1.807) is 12.5 Å². The van der Waals surface area contributed by atoms with Gasteiger partial charge in [0.1, 0.15) is 0 Å². The van der Waals surface area contributed by atoms with Crippen molar-refractivity contribution in [3.8, 4) is 0 Å². The minimum absolute atomic E-state index is 0. The molecule has 0 saturated carbocycles. The van der Waals surface area contributed by atoms with Crippen LogP contribution < -0.4 is 5.32 Å². The van der Waals surface area contributed by atoms with Crippen LogP contribution in [0, 0.1) is 5.92 Å². The fourth-order valence-electron chi connectivity index (χ4n) is 0.898.